The number of rotatable bonds is 4. The molecule has 0 saturated carbocycles. The number of carboxylic acids is 1. The number of aromatic nitrogens is 2. The van der Waals surface area contributed by atoms with E-state index in [0.29, 0.717) is 18.4 Å². The summed E-state index contributed by atoms with van der Waals surface area (Å²) in [5.41, 5.74) is 11.8. The van der Waals surface area contributed by atoms with E-state index in [0.717, 1.165) is 16.9 Å². The number of aromatic carboxylic acids is 1. The minimum atomic E-state index is -0.956. The van der Waals surface area contributed by atoms with Crippen LogP contribution in [-0.4, -0.2) is 21.0 Å². The number of nitrogens with two attached hydrogens (primary N) is 2. The quantitative estimate of drug-likeness (QED) is 0.643. The molecule has 0 aromatic carbocycles. The van der Waals surface area contributed by atoms with Gasteiger partial charge in [0.2, 0.25) is 5.95 Å². The molecular weight excluding hydrogens is 268 g/mol. The predicted molar refractivity (Wildman–Crippen MR) is 72.4 cm³/mol. The van der Waals surface area contributed by atoms with Crippen molar-refractivity contribution in [3.05, 3.63) is 37.8 Å². The lowest BCUT2D eigenvalue weighted by Gasteiger charge is -2.03. The minimum Gasteiger partial charge on any atom is -0.477 e. The lowest BCUT2D eigenvalue weighted by Crippen LogP contribution is -2.19. The minimum absolute atomic E-state index is 0.0186. The standard InChI is InChI=1S/C11H12N4O3S/c12-8-6(9(16)15-11(13)14-8)2-1-5-3-7(10(17)18)19-4-5/h3-4H,1-2H2,(H,17,18)(H5,12,13,14,15,16). The van der Waals surface area contributed by atoms with Gasteiger partial charge >= 0.3 is 5.97 Å². The summed E-state index contributed by atoms with van der Waals surface area (Å²) in [4.78, 5) is 28.8. The first kappa shape index (κ1) is 13.1. The van der Waals surface area contributed by atoms with Gasteiger partial charge < -0.3 is 16.6 Å². The van der Waals surface area contributed by atoms with Gasteiger partial charge in [-0.25, -0.2) is 4.79 Å². The molecule has 8 heteroatoms. The van der Waals surface area contributed by atoms with Crippen LogP contribution in [0.3, 0.4) is 0 Å². The third-order valence-electron chi connectivity index (χ3n) is 2.59. The topological polar surface area (TPSA) is 135 Å². The van der Waals surface area contributed by atoms with Crippen LogP contribution >= 0.6 is 11.3 Å². The van der Waals surface area contributed by atoms with Crippen molar-refractivity contribution in [2.24, 2.45) is 0 Å². The molecule has 0 aliphatic heterocycles. The number of thiophene rings is 1. The van der Waals surface area contributed by atoms with Gasteiger partial charge in [0.25, 0.3) is 5.56 Å². The first-order valence-electron chi connectivity index (χ1n) is 5.42. The Morgan fingerprint density at radius 1 is 1.42 bits per heavy atom. The van der Waals surface area contributed by atoms with E-state index in [1.807, 2.05) is 0 Å². The number of hydrogen-bond acceptors (Lipinski definition) is 6. The monoisotopic (exact) mass is 280 g/mol. The number of aryl methyl sites for hydroxylation is 1. The van der Waals surface area contributed by atoms with Crippen LogP contribution in [0.15, 0.2) is 16.2 Å². The lowest BCUT2D eigenvalue weighted by molar-refractivity contribution is 0.0702. The Labute approximate surface area is 111 Å². The number of nitrogens with zero attached hydrogens (tertiary/aromatic N) is 1. The summed E-state index contributed by atoms with van der Waals surface area (Å²) in [6.07, 6.45) is 0.896. The van der Waals surface area contributed by atoms with Gasteiger partial charge in [-0.05, 0) is 29.9 Å². The molecule has 0 amide bonds. The molecule has 0 aliphatic rings. The largest absolute Gasteiger partial charge is 0.477 e. The zero-order valence-electron chi connectivity index (χ0n) is 9.84. The highest BCUT2D eigenvalue weighted by Gasteiger charge is 2.10. The predicted octanol–water partition coefficient (Wildman–Crippen LogP) is 0.479. The normalized spacial score (nSPS) is 10.5. The maximum absolute atomic E-state index is 11.6. The Kier molecular flexibility index (Phi) is 3.52. The number of aromatic amines is 1. The molecule has 0 radical (unpaired) electrons. The highest BCUT2D eigenvalue weighted by atomic mass is 32.1. The van der Waals surface area contributed by atoms with Crippen molar-refractivity contribution in [2.75, 3.05) is 11.5 Å². The fourth-order valence-corrected chi connectivity index (χ4v) is 2.45. The van der Waals surface area contributed by atoms with E-state index < -0.39 is 5.97 Å². The SMILES string of the molecule is Nc1nc(N)c(CCc2csc(C(=O)O)c2)c(=O)[nH]1. The number of H-pyrrole nitrogens is 1. The molecule has 6 N–H and O–H groups in total. The van der Waals surface area contributed by atoms with Crippen LogP contribution in [0.2, 0.25) is 0 Å². The summed E-state index contributed by atoms with van der Waals surface area (Å²) in [6.45, 7) is 0. The third-order valence-corrected chi connectivity index (χ3v) is 3.56. The molecule has 2 rings (SSSR count). The molecule has 0 atom stereocenters. The second kappa shape index (κ2) is 5.11. The zero-order valence-corrected chi connectivity index (χ0v) is 10.7. The lowest BCUT2D eigenvalue weighted by atomic mass is 10.1. The van der Waals surface area contributed by atoms with Gasteiger partial charge in [-0.2, -0.15) is 4.98 Å². The zero-order chi connectivity index (χ0) is 14.0. The Balaban J connectivity index is 2.14. The van der Waals surface area contributed by atoms with E-state index in [1.54, 1.807) is 11.4 Å². The first-order chi connectivity index (χ1) is 8.97. The third kappa shape index (κ3) is 2.91. The fraction of sp³-hybridized carbons (Fsp3) is 0.182. The molecule has 0 saturated heterocycles. The number of carbonyl (C=O) groups is 1. The second-order valence-corrected chi connectivity index (χ2v) is 4.85. The maximum atomic E-state index is 11.6. The van der Waals surface area contributed by atoms with Gasteiger partial charge in [-0.3, -0.25) is 9.78 Å². The molecular formula is C11H12N4O3S. The van der Waals surface area contributed by atoms with Crippen LogP contribution in [0, 0.1) is 0 Å². The van der Waals surface area contributed by atoms with E-state index in [4.69, 9.17) is 16.6 Å². The smallest absolute Gasteiger partial charge is 0.345 e. The van der Waals surface area contributed by atoms with Crippen LogP contribution in [-0.2, 0) is 12.8 Å². The van der Waals surface area contributed by atoms with Crippen LogP contribution in [0.1, 0.15) is 20.8 Å². The van der Waals surface area contributed by atoms with Gasteiger partial charge in [-0.1, -0.05) is 0 Å². The Morgan fingerprint density at radius 3 is 2.74 bits per heavy atom. The molecule has 2 aromatic heterocycles. The summed E-state index contributed by atoms with van der Waals surface area (Å²) in [5, 5.41) is 10.6. The van der Waals surface area contributed by atoms with Gasteiger partial charge in [0.1, 0.15) is 10.7 Å². The van der Waals surface area contributed by atoms with Crippen molar-refractivity contribution in [3.8, 4) is 0 Å². The van der Waals surface area contributed by atoms with Crippen molar-refractivity contribution in [1.82, 2.24) is 9.97 Å². The van der Waals surface area contributed by atoms with E-state index in [-0.39, 0.29) is 22.2 Å². The van der Waals surface area contributed by atoms with Crippen molar-refractivity contribution in [2.45, 2.75) is 12.8 Å². The molecule has 100 valence electrons. The number of anilines is 2. The van der Waals surface area contributed by atoms with E-state index in [2.05, 4.69) is 9.97 Å². The summed E-state index contributed by atoms with van der Waals surface area (Å²) in [6, 6.07) is 1.59. The molecule has 19 heavy (non-hydrogen) atoms. The first-order valence-corrected chi connectivity index (χ1v) is 6.30. The number of nitrogen functional groups attached to an aromatic ring is 2. The Bertz CT molecular complexity index is 677. The molecule has 0 aliphatic carbocycles. The van der Waals surface area contributed by atoms with Crippen LogP contribution in [0.25, 0.3) is 0 Å². The second-order valence-electron chi connectivity index (χ2n) is 3.94. The summed E-state index contributed by atoms with van der Waals surface area (Å²) < 4.78 is 0. The summed E-state index contributed by atoms with van der Waals surface area (Å²) in [5.74, 6) is -0.868. The average molecular weight is 280 g/mol. The van der Waals surface area contributed by atoms with Crippen LogP contribution in [0.4, 0.5) is 11.8 Å². The Hall–Kier alpha value is -2.35. The molecule has 0 spiro atoms. The van der Waals surface area contributed by atoms with E-state index in [9.17, 15) is 9.59 Å². The molecule has 0 fully saturated rings. The van der Waals surface area contributed by atoms with E-state index in [1.165, 1.54) is 0 Å². The van der Waals surface area contributed by atoms with E-state index >= 15 is 0 Å². The van der Waals surface area contributed by atoms with Gasteiger partial charge in [0.05, 0.1) is 5.56 Å². The van der Waals surface area contributed by atoms with Crippen LogP contribution in [0.5, 0.6) is 0 Å². The molecule has 2 aromatic rings. The fourth-order valence-electron chi connectivity index (χ4n) is 1.66. The summed E-state index contributed by atoms with van der Waals surface area (Å²) >= 11 is 1.15. The van der Waals surface area contributed by atoms with Crippen molar-refractivity contribution in [3.63, 3.8) is 0 Å². The Morgan fingerprint density at radius 2 is 2.16 bits per heavy atom. The molecule has 7 nitrogen and oxygen atoms in total. The highest BCUT2D eigenvalue weighted by molar-refractivity contribution is 7.12. The summed E-state index contributed by atoms with van der Waals surface area (Å²) in [7, 11) is 0. The van der Waals surface area contributed by atoms with Gasteiger partial charge in [-0.15, -0.1) is 11.3 Å². The number of carboxylic acid groups (broad SMARTS) is 1. The van der Waals surface area contributed by atoms with Crippen molar-refractivity contribution in [1.29, 1.82) is 0 Å². The van der Waals surface area contributed by atoms with Crippen LogP contribution < -0.4 is 17.0 Å². The highest BCUT2D eigenvalue weighted by Crippen LogP contribution is 2.17. The molecule has 0 unspecified atom stereocenters. The van der Waals surface area contributed by atoms with Gasteiger partial charge in [0, 0.05) is 0 Å². The number of hydrogen-bond donors (Lipinski definition) is 4. The van der Waals surface area contributed by atoms with Crippen molar-refractivity contribution < 1.29 is 9.90 Å². The number of nitrogens with one attached hydrogen (secondary N) is 1. The maximum Gasteiger partial charge on any atom is 0.345 e. The molecule has 2 heterocycles. The average Bonchev–Trinajstić information content (AvgIpc) is 2.76. The van der Waals surface area contributed by atoms with Gasteiger partial charge in [0.15, 0.2) is 0 Å². The van der Waals surface area contributed by atoms with Crippen molar-refractivity contribution >= 4 is 29.1 Å². The molecule has 0 bridgehead atoms.